The number of rotatable bonds is 4. The van der Waals surface area contributed by atoms with Gasteiger partial charge in [-0.1, -0.05) is 29.8 Å². The van der Waals surface area contributed by atoms with Crippen molar-refractivity contribution in [2.24, 2.45) is 0 Å². The van der Waals surface area contributed by atoms with E-state index in [1.54, 1.807) is 31.2 Å². The molecule has 0 aliphatic rings. The van der Waals surface area contributed by atoms with Gasteiger partial charge in [-0.2, -0.15) is 0 Å². The predicted octanol–water partition coefficient (Wildman–Crippen LogP) is 4.07. The van der Waals surface area contributed by atoms with Gasteiger partial charge in [0.2, 0.25) is 11.7 Å². The second-order valence-corrected chi connectivity index (χ2v) is 6.33. The predicted molar refractivity (Wildman–Crippen MR) is 101 cm³/mol. The Morgan fingerprint density at radius 3 is 2.57 bits per heavy atom. The zero-order chi connectivity index (χ0) is 19.7. The van der Waals surface area contributed by atoms with Gasteiger partial charge < -0.3 is 13.6 Å². The average Bonchev–Trinajstić information content (AvgIpc) is 3.19. The van der Waals surface area contributed by atoms with Crippen LogP contribution in [0.4, 0.5) is 0 Å². The molecule has 0 aliphatic heterocycles. The molecule has 4 aromatic rings. The number of hydrogen-bond acceptors (Lipinski definition) is 7. The van der Waals surface area contributed by atoms with Crippen LogP contribution in [0.1, 0.15) is 35.0 Å². The summed E-state index contributed by atoms with van der Waals surface area (Å²) in [6, 6.07) is 15.4. The molecular weight excluding hydrogens is 360 g/mol. The van der Waals surface area contributed by atoms with E-state index in [0.717, 1.165) is 17.2 Å². The van der Waals surface area contributed by atoms with Gasteiger partial charge in [-0.15, -0.1) is 10.2 Å². The zero-order valence-electron chi connectivity index (χ0n) is 15.2. The number of carbonyl (C=O) groups is 1. The summed E-state index contributed by atoms with van der Waals surface area (Å²) >= 11 is 0. The summed E-state index contributed by atoms with van der Waals surface area (Å²) in [6.07, 6.45) is -0.809. The number of ether oxygens (including phenoxy) is 1. The molecule has 0 unspecified atom stereocenters. The zero-order valence-corrected chi connectivity index (χ0v) is 15.2. The maximum atomic E-state index is 12.4. The molecule has 7 nitrogen and oxygen atoms in total. The fourth-order valence-electron chi connectivity index (χ4n) is 2.69. The molecule has 2 aromatic carbocycles. The van der Waals surface area contributed by atoms with Gasteiger partial charge in [0.1, 0.15) is 5.58 Å². The van der Waals surface area contributed by atoms with E-state index < -0.39 is 12.1 Å². The molecule has 140 valence electrons. The number of aromatic nitrogens is 2. The van der Waals surface area contributed by atoms with Crippen LogP contribution in [0.3, 0.4) is 0 Å². The SMILES string of the molecule is Cc1ccc(-c2nnc([C@@H](C)OC(=O)c3cc(=O)c4ccccc4o3)o2)cc1. The van der Waals surface area contributed by atoms with Crippen LogP contribution in [0.25, 0.3) is 22.4 Å². The lowest BCUT2D eigenvalue weighted by molar-refractivity contribution is 0.0245. The molecule has 2 aromatic heterocycles. The molecule has 28 heavy (non-hydrogen) atoms. The van der Waals surface area contributed by atoms with Crippen molar-refractivity contribution in [3.63, 3.8) is 0 Å². The van der Waals surface area contributed by atoms with Crippen LogP contribution in [-0.4, -0.2) is 16.2 Å². The van der Waals surface area contributed by atoms with Crippen molar-refractivity contribution >= 4 is 16.9 Å². The Labute approximate surface area is 159 Å². The molecule has 2 heterocycles. The smallest absolute Gasteiger partial charge is 0.375 e. The summed E-state index contributed by atoms with van der Waals surface area (Å²) < 4.78 is 16.4. The van der Waals surface area contributed by atoms with E-state index in [1.807, 2.05) is 31.2 Å². The maximum Gasteiger partial charge on any atom is 0.375 e. The Hall–Kier alpha value is -3.74. The molecule has 0 N–H and O–H groups in total. The van der Waals surface area contributed by atoms with Gasteiger partial charge in [-0.05, 0) is 38.1 Å². The Balaban J connectivity index is 1.54. The van der Waals surface area contributed by atoms with Gasteiger partial charge in [-0.3, -0.25) is 4.79 Å². The van der Waals surface area contributed by atoms with Crippen molar-refractivity contribution < 1.29 is 18.4 Å². The highest BCUT2D eigenvalue weighted by atomic mass is 16.6. The van der Waals surface area contributed by atoms with Crippen LogP contribution in [0.2, 0.25) is 0 Å². The van der Waals surface area contributed by atoms with Crippen LogP contribution in [0, 0.1) is 6.92 Å². The monoisotopic (exact) mass is 376 g/mol. The molecule has 0 bridgehead atoms. The van der Waals surface area contributed by atoms with Crippen molar-refractivity contribution in [2.45, 2.75) is 20.0 Å². The molecule has 0 saturated carbocycles. The van der Waals surface area contributed by atoms with E-state index >= 15 is 0 Å². The van der Waals surface area contributed by atoms with E-state index in [9.17, 15) is 9.59 Å². The number of carbonyl (C=O) groups excluding carboxylic acids is 1. The third-order valence-corrected chi connectivity index (χ3v) is 4.21. The van der Waals surface area contributed by atoms with E-state index in [1.165, 1.54) is 0 Å². The van der Waals surface area contributed by atoms with Gasteiger partial charge in [0.15, 0.2) is 11.5 Å². The lowest BCUT2D eigenvalue weighted by atomic mass is 10.1. The third-order valence-electron chi connectivity index (χ3n) is 4.21. The highest BCUT2D eigenvalue weighted by Crippen LogP contribution is 2.23. The summed E-state index contributed by atoms with van der Waals surface area (Å²) in [7, 11) is 0. The molecule has 4 rings (SSSR count). The summed E-state index contributed by atoms with van der Waals surface area (Å²) in [6.45, 7) is 3.58. The van der Waals surface area contributed by atoms with Gasteiger partial charge in [0, 0.05) is 11.6 Å². The first-order valence-corrected chi connectivity index (χ1v) is 8.65. The van der Waals surface area contributed by atoms with E-state index in [4.69, 9.17) is 13.6 Å². The lowest BCUT2D eigenvalue weighted by Gasteiger charge is -2.09. The van der Waals surface area contributed by atoms with E-state index in [-0.39, 0.29) is 17.1 Å². The largest absolute Gasteiger partial charge is 0.449 e. The summed E-state index contributed by atoms with van der Waals surface area (Å²) in [5.74, 6) is -0.499. The quantitative estimate of drug-likeness (QED) is 0.495. The van der Waals surface area contributed by atoms with Crippen molar-refractivity contribution in [3.05, 3.63) is 82.0 Å². The minimum atomic E-state index is -0.809. The second kappa shape index (κ2) is 7.11. The number of nitrogens with zero attached hydrogens (tertiary/aromatic N) is 2. The fourth-order valence-corrected chi connectivity index (χ4v) is 2.69. The first-order chi connectivity index (χ1) is 13.5. The molecule has 0 saturated heterocycles. The van der Waals surface area contributed by atoms with E-state index in [0.29, 0.717) is 16.9 Å². The molecule has 1 atom stereocenters. The number of aryl methyl sites for hydroxylation is 1. The highest BCUT2D eigenvalue weighted by molar-refractivity contribution is 5.89. The topological polar surface area (TPSA) is 95.4 Å². The molecule has 7 heteroatoms. The minimum Gasteiger partial charge on any atom is -0.449 e. The standard InChI is InChI=1S/C21H16N2O5/c1-12-7-9-14(10-8-12)20-23-22-19(28-20)13(2)26-21(25)18-11-16(24)15-5-3-4-6-17(15)27-18/h3-11,13H,1-2H3/t13-/m1/s1. The Morgan fingerprint density at radius 2 is 1.79 bits per heavy atom. The Bertz CT molecular complexity index is 1210. The first-order valence-electron chi connectivity index (χ1n) is 8.65. The summed E-state index contributed by atoms with van der Waals surface area (Å²) in [5, 5.41) is 8.33. The Morgan fingerprint density at radius 1 is 1.04 bits per heavy atom. The number of hydrogen-bond donors (Lipinski definition) is 0. The second-order valence-electron chi connectivity index (χ2n) is 6.33. The van der Waals surface area contributed by atoms with Crippen LogP contribution in [0.5, 0.6) is 0 Å². The third kappa shape index (κ3) is 3.42. The molecule has 0 fully saturated rings. The van der Waals surface area contributed by atoms with Gasteiger partial charge in [0.25, 0.3) is 5.89 Å². The molecule has 0 spiro atoms. The van der Waals surface area contributed by atoms with Gasteiger partial charge in [0.05, 0.1) is 5.39 Å². The molecular formula is C21H16N2O5. The van der Waals surface area contributed by atoms with Crippen LogP contribution in [0.15, 0.2) is 68.2 Å². The molecule has 0 radical (unpaired) electrons. The Kier molecular flexibility index (Phi) is 4.49. The van der Waals surface area contributed by atoms with Crippen molar-refractivity contribution in [3.8, 4) is 11.5 Å². The maximum absolute atomic E-state index is 12.4. The van der Waals surface area contributed by atoms with Crippen molar-refractivity contribution in [1.82, 2.24) is 10.2 Å². The van der Waals surface area contributed by atoms with Crippen molar-refractivity contribution in [1.29, 1.82) is 0 Å². The van der Waals surface area contributed by atoms with Gasteiger partial charge >= 0.3 is 5.97 Å². The van der Waals surface area contributed by atoms with E-state index in [2.05, 4.69) is 10.2 Å². The summed E-state index contributed by atoms with van der Waals surface area (Å²) in [4.78, 5) is 24.5. The number of para-hydroxylation sites is 1. The van der Waals surface area contributed by atoms with Crippen LogP contribution in [-0.2, 0) is 4.74 Å². The minimum absolute atomic E-state index is 0.145. The number of benzene rings is 2. The molecule has 0 amide bonds. The highest BCUT2D eigenvalue weighted by Gasteiger charge is 2.22. The normalized spacial score (nSPS) is 12.1. The van der Waals surface area contributed by atoms with Crippen molar-refractivity contribution in [2.75, 3.05) is 0 Å². The number of fused-ring (bicyclic) bond motifs is 1. The average molecular weight is 376 g/mol. The number of esters is 1. The first kappa shape index (κ1) is 17.7. The fraction of sp³-hybridized carbons (Fsp3) is 0.143. The van der Waals surface area contributed by atoms with Crippen LogP contribution < -0.4 is 5.43 Å². The molecule has 0 aliphatic carbocycles. The van der Waals surface area contributed by atoms with Gasteiger partial charge in [-0.25, -0.2) is 4.79 Å². The summed E-state index contributed by atoms with van der Waals surface area (Å²) in [5.41, 5.74) is 1.88. The lowest BCUT2D eigenvalue weighted by Crippen LogP contribution is -2.12. The van der Waals surface area contributed by atoms with Crippen LogP contribution >= 0.6 is 0 Å².